The molecule has 9 nitrogen and oxygen atoms in total. The van der Waals surface area contributed by atoms with Crippen LogP contribution in [0, 0.1) is 5.82 Å². The zero-order valence-electron chi connectivity index (χ0n) is 21.4. The molecule has 0 atom stereocenters. The van der Waals surface area contributed by atoms with Crippen LogP contribution in [0.15, 0.2) is 53.5 Å². The van der Waals surface area contributed by atoms with Gasteiger partial charge in [0.15, 0.2) is 5.65 Å². The van der Waals surface area contributed by atoms with Gasteiger partial charge >= 0.3 is 6.18 Å². The maximum Gasteiger partial charge on any atom is 0.419 e. The minimum Gasteiger partial charge on any atom is -0.412 e. The number of nitrogens with one attached hydrogen (secondary N) is 2. The van der Waals surface area contributed by atoms with Gasteiger partial charge in [0, 0.05) is 46.5 Å². The Labute approximate surface area is 230 Å². The summed E-state index contributed by atoms with van der Waals surface area (Å²) in [5.74, 6) is -2.12. The molecule has 1 amide bonds. The number of carbonyl (C=O) groups is 1. The highest BCUT2D eigenvalue weighted by Crippen LogP contribution is 2.33. The number of likely N-dealkylation sites (N-methyl/N-ethyl adjacent to an activating group) is 1. The van der Waals surface area contributed by atoms with E-state index in [2.05, 4.69) is 20.6 Å². The lowest BCUT2D eigenvalue weighted by Crippen LogP contribution is -2.28. The standard InChI is InChI=1S/C26H23ClF4N6O3/c1-36(2)9-8-32-25-33-13-15-10-18(24(39)37(40-3)22(15)35-25)17-12-16(5-6-20(17)27)34-23(38)14-4-7-21(28)19(11-14)26(29,30)31/h4-7,10-13H,8-9H2,1-3H3,(H,34,38)(H,32,33,35). The van der Waals surface area contributed by atoms with Gasteiger partial charge in [-0.15, -0.1) is 4.73 Å². The minimum absolute atomic E-state index is 0.0912. The van der Waals surface area contributed by atoms with Crippen LogP contribution < -0.4 is 21.0 Å². The predicted octanol–water partition coefficient (Wildman–Crippen LogP) is 4.55. The first-order chi connectivity index (χ1) is 18.9. The lowest BCUT2D eigenvalue weighted by molar-refractivity contribution is -0.140. The lowest BCUT2D eigenvalue weighted by Gasteiger charge is -2.14. The van der Waals surface area contributed by atoms with Crippen LogP contribution in [0.5, 0.6) is 0 Å². The average molecular weight is 579 g/mol. The third kappa shape index (κ3) is 6.15. The van der Waals surface area contributed by atoms with E-state index in [0.29, 0.717) is 30.0 Å². The fraction of sp³-hybridized carbons (Fsp3) is 0.231. The van der Waals surface area contributed by atoms with Gasteiger partial charge in [0.2, 0.25) is 5.95 Å². The molecule has 2 aromatic heterocycles. The summed E-state index contributed by atoms with van der Waals surface area (Å²) in [5, 5.41) is 6.12. The van der Waals surface area contributed by atoms with Crippen LogP contribution in [-0.2, 0) is 6.18 Å². The minimum atomic E-state index is -4.97. The zero-order chi connectivity index (χ0) is 29.2. The second-order valence-electron chi connectivity index (χ2n) is 8.88. The van der Waals surface area contributed by atoms with Gasteiger partial charge in [-0.2, -0.15) is 18.2 Å². The zero-order valence-corrected chi connectivity index (χ0v) is 22.2. The number of halogens is 5. The molecule has 0 unspecified atom stereocenters. The first-order valence-electron chi connectivity index (χ1n) is 11.7. The number of hydrogen-bond acceptors (Lipinski definition) is 7. The van der Waals surface area contributed by atoms with Crippen LogP contribution in [0.4, 0.5) is 29.2 Å². The van der Waals surface area contributed by atoms with Crippen LogP contribution in [0.1, 0.15) is 15.9 Å². The number of fused-ring (bicyclic) bond motifs is 1. The van der Waals surface area contributed by atoms with Gasteiger partial charge in [-0.25, -0.2) is 9.37 Å². The van der Waals surface area contributed by atoms with E-state index < -0.39 is 34.6 Å². The molecule has 4 rings (SSSR count). The van der Waals surface area contributed by atoms with Crippen molar-refractivity contribution < 1.29 is 27.2 Å². The summed E-state index contributed by atoms with van der Waals surface area (Å²) in [6, 6.07) is 7.63. The van der Waals surface area contributed by atoms with Crippen molar-refractivity contribution in [2.24, 2.45) is 0 Å². The third-order valence-corrected chi connectivity index (χ3v) is 6.11. The molecule has 14 heteroatoms. The summed E-state index contributed by atoms with van der Waals surface area (Å²) in [7, 11) is 5.14. The summed E-state index contributed by atoms with van der Waals surface area (Å²) >= 11 is 6.39. The molecule has 0 aliphatic carbocycles. The smallest absolute Gasteiger partial charge is 0.412 e. The number of carbonyl (C=O) groups excluding carboxylic acids is 1. The first-order valence-corrected chi connectivity index (χ1v) is 12.1. The summed E-state index contributed by atoms with van der Waals surface area (Å²) in [5.41, 5.74) is -1.95. The number of pyridine rings is 1. The molecule has 40 heavy (non-hydrogen) atoms. The monoisotopic (exact) mass is 578 g/mol. The van der Waals surface area contributed by atoms with E-state index in [1.54, 1.807) is 0 Å². The summed E-state index contributed by atoms with van der Waals surface area (Å²) < 4.78 is 53.8. The number of amides is 1. The van der Waals surface area contributed by atoms with Crippen molar-refractivity contribution in [1.82, 2.24) is 19.6 Å². The molecule has 0 fully saturated rings. The Morgan fingerprint density at radius 2 is 1.88 bits per heavy atom. The summed E-state index contributed by atoms with van der Waals surface area (Å²) in [4.78, 5) is 42.0. The van der Waals surface area contributed by atoms with Crippen LogP contribution in [0.25, 0.3) is 22.2 Å². The van der Waals surface area contributed by atoms with Crippen molar-refractivity contribution in [2.75, 3.05) is 44.9 Å². The molecular formula is C26H23ClF4N6O3. The van der Waals surface area contributed by atoms with E-state index in [1.165, 1.54) is 37.6 Å². The van der Waals surface area contributed by atoms with Gasteiger partial charge in [-0.05, 0) is 56.6 Å². The van der Waals surface area contributed by atoms with Gasteiger partial charge in [-0.1, -0.05) is 11.6 Å². The number of aromatic nitrogens is 3. The summed E-state index contributed by atoms with van der Waals surface area (Å²) in [6.45, 7) is 1.30. The molecule has 0 aliphatic heterocycles. The van der Waals surface area contributed by atoms with Crippen molar-refractivity contribution in [3.8, 4) is 11.1 Å². The van der Waals surface area contributed by atoms with Gasteiger partial charge < -0.3 is 20.4 Å². The molecule has 2 heterocycles. The molecule has 0 aliphatic rings. The Morgan fingerprint density at radius 1 is 1.12 bits per heavy atom. The molecule has 4 aromatic rings. The van der Waals surface area contributed by atoms with Crippen LogP contribution in [0.3, 0.4) is 0 Å². The normalized spacial score (nSPS) is 11.6. The Kier molecular flexibility index (Phi) is 8.26. The fourth-order valence-electron chi connectivity index (χ4n) is 3.80. The molecule has 0 spiro atoms. The highest BCUT2D eigenvalue weighted by atomic mass is 35.5. The second kappa shape index (κ2) is 11.5. The quantitative estimate of drug-likeness (QED) is 0.296. The van der Waals surface area contributed by atoms with E-state index in [-0.39, 0.29) is 27.5 Å². The highest BCUT2D eigenvalue weighted by molar-refractivity contribution is 6.33. The molecular weight excluding hydrogens is 556 g/mol. The molecule has 0 saturated carbocycles. The van der Waals surface area contributed by atoms with E-state index in [1.807, 2.05) is 19.0 Å². The van der Waals surface area contributed by atoms with Crippen LogP contribution in [0.2, 0.25) is 5.02 Å². The number of hydrogen-bond donors (Lipinski definition) is 2. The number of alkyl halides is 3. The van der Waals surface area contributed by atoms with Crippen molar-refractivity contribution in [2.45, 2.75) is 6.18 Å². The van der Waals surface area contributed by atoms with Gasteiger partial charge in [0.05, 0.1) is 11.1 Å². The van der Waals surface area contributed by atoms with Crippen molar-refractivity contribution >= 4 is 40.2 Å². The Hall–Kier alpha value is -4.23. The number of benzene rings is 2. The molecule has 2 aromatic carbocycles. The van der Waals surface area contributed by atoms with Gasteiger partial charge in [-0.3, -0.25) is 9.59 Å². The Balaban J connectivity index is 1.69. The maximum absolute atomic E-state index is 13.6. The van der Waals surface area contributed by atoms with Crippen LogP contribution >= 0.6 is 11.6 Å². The Bertz CT molecular complexity index is 1640. The van der Waals surface area contributed by atoms with E-state index >= 15 is 0 Å². The fourth-order valence-corrected chi connectivity index (χ4v) is 4.02. The number of anilines is 2. The maximum atomic E-state index is 13.6. The molecule has 0 radical (unpaired) electrons. The molecule has 0 bridgehead atoms. The third-order valence-electron chi connectivity index (χ3n) is 5.78. The van der Waals surface area contributed by atoms with Crippen molar-refractivity contribution in [1.29, 1.82) is 0 Å². The van der Waals surface area contributed by atoms with E-state index in [0.717, 1.165) is 17.3 Å². The second-order valence-corrected chi connectivity index (χ2v) is 9.29. The van der Waals surface area contributed by atoms with Gasteiger partial charge in [0.1, 0.15) is 12.9 Å². The Morgan fingerprint density at radius 3 is 2.55 bits per heavy atom. The van der Waals surface area contributed by atoms with Gasteiger partial charge in [0.25, 0.3) is 11.5 Å². The molecule has 0 saturated heterocycles. The van der Waals surface area contributed by atoms with Crippen LogP contribution in [-0.4, -0.2) is 59.8 Å². The molecule has 2 N–H and O–H groups in total. The topological polar surface area (TPSA) is 101 Å². The van der Waals surface area contributed by atoms with Crippen molar-refractivity contribution in [3.05, 3.63) is 81.0 Å². The number of rotatable bonds is 8. The highest BCUT2D eigenvalue weighted by Gasteiger charge is 2.34. The average Bonchev–Trinajstić information content (AvgIpc) is 2.89. The number of nitrogens with zero attached hydrogens (tertiary/aromatic N) is 4. The van der Waals surface area contributed by atoms with E-state index in [9.17, 15) is 27.2 Å². The largest absolute Gasteiger partial charge is 0.419 e. The SMILES string of the molecule is COn1c(=O)c(-c2cc(NC(=O)c3ccc(F)c(C(F)(F)F)c3)ccc2Cl)cc2cnc(NCCN(C)C)nc21. The summed E-state index contributed by atoms with van der Waals surface area (Å²) in [6.07, 6.45) is -3.47. The lowest BCUT2D eigenvalue weighted by atomic mass is 10.0. The first kappa shape index (κ1) is 28.8. The van der Waals surface area contributed by atoms with E-state index in [4.69, 9.17) is 16.4 Å². The molecule has 210 valence electrons. The predicted molar refractivity (Wildman–Crippen MR) is 143 cm³/mol. The van der Waals surface area contributed by atoms with Crippen molar-refractivity contribution in [3.63, 3.8) is 0 Å².